The topological polar surface area (TPSA) is 118 Å². The Morgan fingerprint density at radius 1 is 1.29 bits per heavy atom. The van der Waals surface area contributed by atoms with E-state index in [0.29, 0.717) is 0 Å². The molecule has 2 aromatic rings. The second-order valence-corrected chi connectivity index (χ2v) is 4.77. The Morgan fingerprint density at radius 3 is 2.54 bits per heavy atom. The quantitative estimate of drug-likeness (QED) is 0.643. The van der Waals surface area contributed by atoms with Gasteiger partial charge in [-0.25, -0.2) is 8.78 Å². The number of rotatable bonds is 4. The molecule has 9 heteroatoms. The fourth-order valence-electron chi connectivity index (χ4n) is 2.03. The van der Waals surface area contributed by atoms with Gasteiger partial charge in [0.1, 0.15) is 17.6 Å². The van der Waals surface area contributed by atoms with Gasteiger partial charge >= 0.3 is 0 Å². The van der Waals surface area contributed by atoms with E-state index in [1.165, 1.54) is 13.1 Å². The Morgan fingerprint density at radius 2 is 1.96 bits per heavy atom. The summed E-state index contributed by atoms with van der Waals surface area (Å²) in [6, 6.07) is 4.83. The molecule has 0 aliphatic rings. The van der Waals surface area contributed by atoms with Crippen molar-refractivity contribution >= 4 is 23.3 Å². The molecule has 0 bridgehead atoms. The number of primary amides is 1. The number of benzene rings is 1. The highest BCUT2D eigenvalue weighted by Gasteiger charge is 2.27. The summed E-state index contributed by atoms with van der Waals surface area (Å²) >= 11 is 0. The van der Waals surface area contributed by atoms with Gasteiger partial charge in [-0.3, -0.25) is 14.4 Å². The minimum atomic E-state index is -1.36. The maximum atomic E-state index is 14.2. The molecule has 3 N–H and O–H groups in total. The summed E-state index contributed by atoms with van der Waals surface area (Å²) in [5, 5.41) is 11.0. The molecule has 2 rings (SSSR count). The molecule has 0 saturated heterocycles. The van der Waals surface area contributed by atoms with E-state index >= 15 is 0 Å². The molecule has 122 valence electrons. The first-order valence-corrected chi connectivity index (χ1v) is 6.46. The van der Waals surface area contributed by atoms with Crippen molar-refractivity contribution in [3.8, 4) is 6.07 Å². The number of nitrogens with two attached hydrogens (primary N) is 1. The second-order valence-electron chi connectivity index (χ2n) is 4.77. The normalized spacial score (nSPS) is 10.1. The van der Waals surface area contributed by atoms with Crippen LogP contribution in [0, 0.1) is 23.0 Å². The number of aryl methyl sites for hydroxylation is 1. The number of carbonyl (C=O) groups is 3. The average Bonchev–Trinajstić information content (AvgIpc) is 2.82. The molecule has 7 nitrogen and oxygen atoms in total. The summed E-state index contributed by atoms with van der Waals surface area (Å²) in [4.78, 5) is 34.5. The molecule has 2 amide bonds. The molecule has 0 aliphatic heterocycles. The van der Waals surface area contributed by atoms with Crippen LogP contribution in [0.15, 0.2) is 24.4 Å². The van der Waals surface area contributed by atoms with Crippen LogP contribution < -0.4 is 11.1 Å². The Balaban J connectivity index is 2.36. The van der Waals surface area contributed by atoms with Crippen LogP contribution in [0.5, 0.6) is 0 Å². The fourth-order valence-corrected chi connectivity index (χ4v) is 2.03. The smallest absolute Gasteiger partial charge is 0.289 e. The van der Waals surface area contributed by atoms with Crippen molar-refractivity contribution in [3.05, 3.63) is 52.9 Å². The van der Waals surface area contributed by atoms with Crippen molar-refractivity contribution in [1.82, 2.24) is 4.57 Å². The highest BCUT2D eigenvalue weighted by Crippen LogP contribution is 2.19. The third kappa shape index (κ3) is 2.98. The standard InChI is InChI=1S/C15H10F2N4O3/c1-21-6-9(13(22)14(19)23)11(17)12(21)15(24)20-8-2-3-10(16)7(4-8)5-18/h2-4,6H,1H3,(H2,19,23)(H,20,24). The number of hydrogen-bond acceptors (Lipinski definition) is 4. The van der Waals surface area contributed by atoms with Gasteiger partial charge in [0.05, 0.1) is 11.1 Å². The van der Waals surface area contributed by atoms with Crippen LogP contribution >= 0.6 is 0 Å². The number of ketones is 1. The fraction of sp³-hybridized carbons (Fsp3) is 0.0667. The first-order valence-electron chi connectivity index (χ1n) is 6.46. The van der Waals surface area contributed by atoms with Gasteiger partial charge in [-0.05, 0) is 18.2 Å². The molecule has 24 heavy (non-hydrogen) atoms. The Bertz CT molecular complexity index is 912. The maximum absolute atomic E-state index is 14.2. The third-order valence-corrected chi connectivity index (χ3v) is 3.15. The number of halogens is 2. The number of anilines is 1. The predicted molar refractivity (Wildman–Crippen MR) is 78.0 cm³/mol. The van der Waals surface area contributed by atoms with Crippen LogP contribution in [0.4, 0.5) is 14.5 Å². The van der Waals surface area contributed by atoms with Crippen LogP contribution in [0.25, 0.3) is 0 Å². The van der Waals surface area contributed by atoms with Crippen LogP contribution in [-0.2, 0) is 11.8 Å². The molecule has 0 aliphatic carbocycles. The number of carbonyl (C=O) groups excluding carboxylic acids is 3. The van der Waals surface area contributed by atoms with Crippen LogP contribution in [-0.4, -0.2) is 22.2 Å². The Labute approximate surface area is 134 Å². The first-order chi connectivity index (χ1) is 11.3. The maximum Gasteiger partial charge on any atom is 0.289 e. The monoisotopic (exact) mass is 332 g/mol. The molecule has 0 unspecified atom stereocenters. The zero-order valence-electron chi connectivity index (χ0n) is 12.3. The molecule has 1 aromatic heterocycles. The van der Waals surface area contributed by atoms with E-state index in [-0.39, 0.29) is 11.3 Å². The van der Waals surface area contributed by atoms with E-state index in [1.54, 1.807) is 6.07 Å². The SMILES string of the molecule is Cn1cc(C(=O)C(N)=O)c(F)c1C(=O)Nc1ccc(F)c(C#N)c1. The lowest BCUT2D eigenvalue weighted by Crippen LogP contribution is -2.23. The number of hydrogen-bond donors (Lipinski definition) is 2. The number of nitriles is 1. The van der Waals surface area contributed by atoms with Gasteiger partial charge in [-0.2, -0.15) is 5.26 Å². The molecule has 0 radical (unpaired) electrons. The zero-order valence-corrected chi connectivity index (χ0v) is 12.3. The van der Waals surface area contributed by atoms with Crippen LogP contribution in [0.2, 0.25) is 0 Å². The molecule has 0 spiro atoms. The molecule has 0 fully saturated rings. The van der Waals surface area contributed by atoms with Crippen molar-refractivity contribution in [2.24, 2.45) is 12.8 Å². The van der Waals surface area contributed by atoms with E-state index in [4.69, 9.17) is 11.0 Å². The number of nitrogens with one attached hydrogen (secondary N) is 1. The van der Waals surface area contributed by atoms with Crippen molar-refractivity contribution in [2.75, 3.05) is 5.32 Å². The number of Topliss-reactive ketones (excluding diaryl/α,β-unsaturated/α-hetero) is 1. The summed E-state index contributed by atoms with van der Waals surface area (Å²) in [5.74, 6) is -5.55. The Kier molecular flexibility index (Phi) is 4.41. The minimum absolute atomic E-state index is 0.0568. The van der Waals surface area contributed by atoms with Crippen LogP contribution in [0.1, 0.15) is 26.4 Å². The highest BCUT2D eigenvalue weighted by molar-refractivity contribution is 6.42. The van der Waals surface area contributed by atoms with E-state index in [9.17, 15) is 23.2 Å². The zero-order chi connectivity index (χ0) is 18.0. The minimum Gasteiger partial charge on any atom is -0.363 e. The van der Waals surface area contributed by atoms with Gasteiger partial charge < -0.3 is 15.6 Å². The average molecular weight is 332 g/mol. The van der Waals surface area contributed by atoms with E-state index in [1.807, 2.05) is 0 Å². The lowest BCUT2D eigenvalue weighted by Gasteiger charge is -2.07. The van der Waals surface area contributed by atoms with Gasteiger partial charge in [0.15, 0.2) is 5.82 Å². The molecule has 1 heterocycles. The largest absolute Gasteiger partial charge is 0.363 e. The molecule has 1 aromatic carbocycles. The molecule has 0 atom stereocenters. The summed E-state index contributed by atoms with van der Waals surface area (Å²) in [7, 11) is 1.29. The van der Waals surface area contributed by atoms with E-state index < -0.39 is 40.5 Å². The lowest BCUT2D eigenvalue weighted by molar-refractivity contribution is -0.114. The number of aromatic nitrogens is 1. The van der Waals surface area contributed by atoms with Gasteiger partial charge in [0.25, 0.3) is 17.6 Å². The lowest BCUT2D eigenvalue weighted by atomic mass is 10.2. The first kappa shape index (κ1) is 16.8. The number of nitrogens with zero attached hydrogens (tertiary/aromatic N) is 2. The molecule has 0 saturated carbocycles. The summed E-state index contributed by atoms with van der Waals surface area (Å²) < 4.78 is 28.5. The number of amides is 2. The van der Waals surface area contributed by atoms with E-state index in [2.05, 4.69) is 5.32 Å². The summed E-state index contributed by atoms with van der Waals surface area (Å²) in [5.41, 5.74) is 3.41. The third-order valence-electron chi connectivity index (χ3n) is 3.15. The van der Waals surface area contributed by atoms with Gasteiger partial charge in [-0.1, -0.05) is 0 Å². The predicted octanol–water partition coefficient (Wildman–Crippen LogP) is 1.10. The molecular formula is C15H10F2N4O3. The summed E-state index contributed by atoms with van der Waals surface area (Å²) in [6.45, 7) is 0. The van der Waals surface area contributed by atoms with Gasteiger partial charge in [0, 0.05) is 18.9 Å². The van der Waals surface area contributed by atoms with Crippen molar-refractivity contribution in [2.45, 2.75) is 0 Å². The van der Waals surface area contributed by atoms with Gasteiger partial charge in [0.2, 0.25) is 0 Å². The molecular weight excluding hydrogens is 322 g/mol. The van der Waals surface area contributed by atoms with Crippen molar-refractivity contribution in [1.29, 1.82) is 5.26 Å². The van der Waals surface area contributed by atoms with Crippen molar-refractivity contribution in [3.63, 3.8) is 0 Å². The van der Waals surface area contributed by atoms with Crippen molar-refractivity contribution < 1.29 is 23.2 Å². The van der Waals surface area contributed by atoms with Gasteiger partial charge in [-0.15, -0.1) is 0 Å². The highest BCUT2D eigenvalue weighted by atomic mass is 19.1. The second kappa shape index (κ2) is 6.29. The summed E-state index contributed by atoms with van der Waals surface area (Å²) in [6.07, 6.45) is 0.961. The Hall–Kier alpha value is -3.54. The van der Waals surface area contributed by atoms with Crippen LogP contribution in [0.3, 0.4) is 0 Å². The van der Waals surface area contributed by atoms with E-state index in [0.717, 1.165) is 22.9 Å².